The molecule has 0 amide bonds. The predicted molar refractivity (Wildman–Crippen MR) is 72.8 cm³/mol. The highest BCUT2D eigenvalue weighted by molar-refractivity contribution is 5.45. The third kappa shape index (κ3) is 3.87. The highest BCUT2D eigenvalue weighted by Gasteiger charge is 2.01. The standard InChI is InChI=1S/C15H16N2O2/c1-17-12-13(11-16-17)8-10-19-15-7-3-2-5-14(15)6-4-9-18/h2-3,5,7,11-12,18H,8-10H2,1H3. The lowest BCUT2D eigenvalue weighted by atomic mass is 10.2. The molecule has 0 aliphatic heterocycles. The van der Waals surface area contributed by atoms with E-state index < -0.39 is 0 Å². The van der Waals surface area contributed by atoms with E-state index in [9.17, 15) is 0 Å². The Morgan fingerprint density at radius 1 is 1.37 bits per heavy atom. The van der Waals surface area contributed by atoms with Crippen molar-refractivity contribution in [3.8, 4) is 17.6 Å². The summed E-state index contributed by atoms with van der Waals surface area (Å²) >= 11 is 0. The summed E-state index contributed by atoms with van der Waals surface area (Å²) in [5, 5.41) is 12.8. The minimum Gasteiger partial charge on any atom is -0.492 e. The Morgan fingerprint density at radius 2 is 2.21 bits per heavy atom. The number of hydrogen-bond acceptors (Lipinski definition) is 3. The maximum absolute atomic E-state index is 8.72. The number of benzene rings is 1. The van der Waals surface area contributed by atoms with Crippen molar-refractivity contribution in [3.05, 3.63) is 47.8 Å². The summed E-state index contributed by atoms with van der Waals surface area (Å²) in [7, 11) is 1.89. The van der Waals surface area contributed by atoms with E-state index in [0.29, 0.717) is 6.61 Å². The normalized spacial score (nSPS) is 9.79. The number of aliphatic hydroxyl groups excluding tert-OH is 1. The molecule has 98 valence electrons. The first-order chi connectivity index (χ1) is 9.29. The average molecular weight is 256 g/mol. The van der Waals surface area contributed by atoms with E-state index in [1.165, 1.54) is 0 Å². The Morgan fingerprint density at radius 3 is 2.95 bits per heavy atom. The lowest BCUT2D eigenvalue weighted by Gasteiger charge is -2.07. The zero-order valence-corrected chi connectivity index (χ0v) is 10.8. The Balaban J connectivity index is 1.95. The van der Waals surface area contributed by atoms with E-state index >= 15 is 0 Å². The molecular formula is C15H16N2O2. The summed E-state index contributed by atoms with van der Waals surface area (Å²) in [6.45, 7) is 0.424. The SMILES string of the molecule is Cn1cc(CCOc2ccccc2C#CCO)cn1. The molecule has 19 heavy (non-hydrogen) atoms. The van der Waals surface area contributed by atoms with Crippen molar-refractivity contribution in [2.24, 2.45) is 7.05 Å². The first-order valence-corrected chi connectivity index (χ1v) is 6.08. The number of rotatable bonds is 4. The molecular weight excluding hydrogens is 240 g/mol. The van der Waals surface area contributed by atoms with Gasteiger partial charge in [-0.3, -0.25) is 4.68 Å². The molecule has 0 fully saturated rings. The molecule has 2 rings (SSSR count). The fourth-order valence-corrected chi connectivity index (χ4v) is 1.71. The van der Waals surface area contributed by atoms with Crippen LogP contribution >= 0.6 is 0 Å². The second-order valence-electron chi connectivity index (χ2n) is 4.08. The van der Waals surface area contributed by atoms with Crippen LogP contribution in [0.4, 0.5) is 0 Å². The van der Waals surface area contributed by atoms with E-state index in [2.05, 4.69) is 16.9 Å². The maximum Gasteiger partial charge on any atom is 0.134 e. The fraction of sp³-hybridized carbons (Fsp3) is 0.267. The number of aliphatic hydroxyl groups is 1. The van der Waals surface area contributed by atoms with Crippen LogP contribution < -0.4 is 4.74 Å². The second kappa shape index (κ2) is 6.62. The molecule has 1 aromatic heterocycles. The molecule has 1 N–H and O–H groups in total. The summed E-state index contributed by atoms with van der Waals surface area (Å²) < 4.78 is 7.50. The maximum atomic E-state index is 8.72. The largest absolute Gasteiger partial charge is 0.492 e. The Bertz CT molecular complexity index is 593. The zero-order chi connectivity index (χ0) is 13.5. The number of hydrogen-bond donors (Lipinski definition) is 1. The van der Waals surface area contributed by atoms with Gasteiger partial charge in [-0.05, 0) is 17.7 Å². The number of ether oxygens (including phenoxy) is 1. The lowest BCUT2D eigenvalue weighted by Crippen LogP contribution is -2.02. The van der Waals surface area contributed by atoms with Crippen LogP contribution in [-0.4, -0.2) is 28.1 Å². The molecule has 1 heterocycles. The van der Waals surface area contributed by atoms with Gasteiger partial charge in [0, 0.05) is 19.7 Å². The first-order valence-electron chi connectivity index (χ1n) is 6.08. The van der Waals surface area contributed by atoms with E-state index in [-0.39, 0.29) is 6.61 Å². The van der Waals surface area contributed by atoms with Gasteiger partial charge in [0.25, 0.3) is 0 Å². The van der Waals surface area contributed by atoms with Crippen molar-refractivity contribution < 1.29 is 9.84 Å². The average Bonchev–Trinajstić information content (AvgIpc) is 2.83. The molecule has 0 radical (unpaired) electrons. The molecule has 0 saturated carbocycles. The van der Waals surface area contributed by atoms with Gasteiger partial charge in [0.2, 0.25) is 0 Å². The van der Waals surface area contributed by atoms with Crippen molar-refractivity contribution in [2.75, 3.05) is 13.2 Å². The van der Waals surface area contributed by atoms with Crippen molar-refractivity contribution >= 4 is 0 Å². The van der Waals surface area contributed by atoms with Crippen LogP contribution in [-0.2, 0) is 13.5 Å². The van der Waals surface area contributed by atoms with Gasteiger partial charge in [0.05, 0.1) is 18.4 Å². The van der Waals surface area contributed by atoms with Crippen LogP contribution in [0.5, 0.6) is 5.75 Å². The van der Waals surface area contributed by atoms with E-state index in [1.54, 1.807) is 4.68 Å². The van der Waals surface area contributed by atoms with Gasteiger partial charge in [-0.15, -0.1) is 0 Å². The molecule has 0 unspecified atom stereocenters. The molecule has 0 aliphatic rings. The van der Waals surface area contributed by atoms with Gasteiger partial charge in [-0.1, -0.05) is 24.0 Å². The summed E-state index contributed by atoms with van der Waals surface area (Å²) in [6, 6.07) is 7.56. The highest BCUT2D eigenvalue weighted by atomic mass is 16.5. The minimum atomic E-state index is -0.149. The van der Waals surface area contributed by atoms with E-state index in [4.69, 9.17) is 9.84 Å². The molecule has 0 aliphatic carbocycles. The van der Waals surface area contributed by atoms with Crippen LogP contribution in [0.25, 0.3) is 0 Å². The third-order valence-corrected chi connectivity index (χ3v) is 2.60. The van der Waals surface area contributed by atoms with Gasteiger partial charge in [-0.2, -0.15) is 5.10 Å². The minimum absolute atomic E-state index is 0.149. The first kappa shape index (κ1) is 13.2. The molecule has 2 aromatic rings. The number of aromatic nitrogens is 2. The molecule has 4 nitrogen and oxygen atoms in total. The van der Waals surface area contributed by atoms with Gasteiger partial charge >= 0.3 is 0 Å². The van der Waals surface area contributed by atoms with Gasteiger partial charge in [0.1, 0.15) is 12.4 Å². The van der Waals surface area contributed by atoms with Crippen molar-refractivity contribution in [3.63, 3.8) is 0 Å². The molecule has 0 saturated heterocycles. The van der Waals surface area contributed by atoms with E-state index in [0.717, 1.165) is 23.3 Å². The van der Waals surface area contributed by atoms with Crippen LogP contribution in [0, 0.1) is 11.8 Å². The summed E-state index contributed by atoms with van der Waals surface area (Å²) in [5.74, 6) is 6.25. The Labute approximate surface area is 112 Å². The number of nitrogens with zero attached hydrogens (tertiary/aromatic N) is 2. The quantitative estimate of drug-likeness (QED) is 0.841. The topological polar surface area (TPSA) is 47.3 Å². The monoisotopic (exact) mass is 256 g/mol. The Hall–Kier alpha value is -2.25. The van der Waals surface area contributed by atoms with Gasteiger partial charge in [0.15, 0.2) is 0 Å². The highest BCUT2D eigenvalue weighted by Crippen LogP contribution is 2.16. The summed E-state index contributed by atoms with van der Waals surface area (Å²) in [4.78, 5) is 0. The number of aryl methyl sites for hydroxylation is 1. The summed E-state index contributed by atoms with van der Waals surface area (Å²) in [5.41, 5.74) is 1.93. The van der Waals surface area contributed by atoms with Crippen LogP contribution in [0.1, 0.15) is 11.1 Å². The second-order valence-corrected chi connectivity index (χ2v) is 4.08. The van der Waals surface area contributed by atoms with Crippen LogP contribution in [0.15, 0.2) is 36.7 Å². The predicted octanol–water partition coefficient (Wildman–Crippen LogP) is 1.39. The smallest absolute Gasteiger partial charge is 0.134 e. The van der Waals surface area contributed by atoms with Gasteiger partial charge in [-0.25, -0.2) is 0 Å². The van der Waals surface area contributed by atoms with Gasteiger partial charge < -0.3 is 9.84 Å². The molecule has 0 atom stereocenters. The lowest BCUT2D eigenvalue weighted by molar-refractivity contribution is 0.321. The fourth-order valence-electron chi connectivity index (χ4n) is 1.71. The van der Waals surface area contributed by atoms with Crippen molar-refractivity contribution in [2.45, 2.75) is 6.42 Å². The molecule has 1 aromatic carbocycles. The molecule has 4 heteroatoms. The number of para-hydroxylation sites is 1. The molecule has 0 spiro atoms. The van der Waals surface area contributed by atoms with Crippen LogP contribution in [0.2, 0.25) is 0 Å². The Kier molecular flexibility index (Phi) is 4.60. The molecule has 0 bridgehead atoms. The third-order valence-electron chi connectivity index (χ3n) is 2.60. The summed E-state index contributed by atoms with van der Waals surface area (Å²) in [6.07, 6.45) is 4.61. The van der Waals surface area contributed by atoms with E-state index in [1.807, 2.05) is 43.7 Å². The van der Waals surface area contributed by atoms with Crippen molar-refractivity contribution in [1.82, 2.24) is 9.78 Å². The zero-order valence-electron chi connectivity index (χ0n) is 10.8. The van der Waals surface area contributed by atoms with Crippen molar-refractivity contribution in [1.29, 1.82) is 0 Å². The van der Waals surface area contributed by atoms with Crippen LogP contribution in [0.3, 0.4) is 0 Å².